The highest BCUT2D eigenvalue weighted by atomic mass is 16.3. The van der Waals surface area contributed by atoms with Gasteiger partial charge in [0, 0.05) is 11.6 Å². The van der Waals surface area contributed by atoms with Crippen LogP contribution in [0.25, 0.3) is 0 Å². The molecule has 1 aromatic rings. The van der Waals surface area contributed by atoms with Crippen molar-refractivity contribution in [2.24, 2.45) is 11.7 Å². The maximum atomic E-state index is 9.75. The summed E-state index contributed by atoms with van der Waals surface area (Å²) in [7, 11) is 0. The second-order valence-corrected chi connectivity index (χ2v) is 4.64. The summed E-state index contributed by atoms with van der Waals surface area (Å²) in [5, 5.41) is 9.75. The molecule has 2 heteroatoms. The van der Waals surface area contributed by atoms with Crippen molar-refractivity contribution in [1.29, 1.82) is 0 Å². The predicted octanol–water partition coefficient (Wildman–Crippen LogP) is 3.14. The molecule has 0 heterocycles. The molecule has 3 N–H and O–H groups in total. The van der Waals surface area contributed by atoms with E-state index in [2.05, 4.69) is 13.8 Å². The van der Waals surface area contributed by atoms with Crippen LogP contribution < -0.4 is 5.73 Å². The first-order valence-corrected chi connectivity index (χ1v) is 5.55. The smallest absolute Gasteiger partial charge is 0.120 e. The van der Waals surface area contributed by atoms with E-state index in [1.165, 1.54) is 0 Å². The Morgan fingerprint density at radius 2 is 1.93 bits per heavy atom. The van der Waals surface area contributed by atoms with E-state index in [-0.39, 0.29) is 6.04 Å². The van der Waals surface area contributed by atoms with Crippen molar-refractivity contribution in [2.75, 3.05) is 0 Å². The molecule has 0 spiro atoms. The van der Waals surface area contributed by atoms with Gasteiger partial charge in [0.05, 0.1) is 0 Å². The number of nitrogens with two attached hydrogens (primary N) is 1. The summed E-state index contributed by atoms with van der Waals surface area (Å²) in [6.45, 7) is 6.33. The van der Waals surface area contributed by atoms with E-state index < -0.39 is 0 Å². The Morgan fingerprint density at radius 1 is 1.27 bits per heavy atom. The lowest BCUT2D eigenvalue weighted by Gasteiger charge is -2.15. The fraction of sp³-hybridized carbons (Fsp3) is 0.538. The first kappa shape index (κ1) is 12.1. The van der Waals surface area contributed by atoms with Gasteiger partial charge in [0.15, 0.2) is 0 Å². The van der Waals surface area contributed by atoms with Gasteiger partial charge in [-0.1, -0.05) is 26.0 Å². The monoisotopic (exact) mass is 207 g/mol. The molecular weight excluding hydrogens is 186 g/mol. The van der Waals surface area contributed by atoms with E-state index in [1.807, 2.05) is 19.1 Å². The maximum Gasteiger partial charge on any atom is 0.120 e. The zero-order valence-corrected chi connectivity index (χ0v) is 9.83. The molecule has 1 rings (SSSR count). The predicted molar refractivity (Wildman–Crippen MR) is 63.8 cm³/mol. The molecule has 0 radical (unpaired) electrons. The summed E-state index contributed by atoms with van der Waals surface area (Å²) in [6, 6.07) is 5.64. The fourth-order valence-electron chi connectivity index (χ4n) is 1.64. The number of rotatable bonds is 4. The molecule has 15 heavy (non-hydrogen) atoms. The Hall–Kier alpha value is -1.02. The first-order valence-electron chi connectivity index (χ1n) is 5.55. The lowest BCUT2D eigenvalue weighted by molar-refractivity contribution is 0.448. The van der Waals surface area contributed by atoms with Gasteiger partial charge in [-0.2, -0.15) is 0 Å². The van der Waals surface area contributed by atoms with Gasteiger partial charge in [-0.25, -0.2) is 0 Å². The highest BCUT2D eigenvalue weighted by Gasteiger charge is 2.11. The highest BCUT2D eigenvalue weighted by Crippen LogP contribution is 2.27. The van der Waals surface area contributed by atoms with Crippen LogP contribution in [0, 0.1) is 12.8 Å². The number of benzene rings is 1. The molecule has 0 aliphatic heterocycles. The van der Waals surface area contributed by atoms with Crippen LogP contribution in [-0.4, -0.2) is 5.11 Å². The molecule has 0 fully saturated rings. The van der Waals surface area contributed by atoms with Crippen molar-refractivity contribution < 1.29 is 5.11 Å². The molecule has 2 nitrogen and oxygen atoms in total. The zero-order chi connectivity index (χ0) is 11.4. The Balaban J connectivity index is 2.69. The summed E-state index contributed by atoms with van der Waals surface area (Å²) in [4.78, 5) is 0. The van der Waals surface area contributed by atoms with Gasteiger partial charge < -0.3 is 10.8 Å². The van der Waals surface area contributed by atoms with Gasteiger partial charge >= 0.3 is 0 Å². The maximum absolute atomic E-state index is 9.75. The second-order valence-electron chi connectivity index (χ2n) is 4.64. The van der Waals surface area contributed by atoms with Gasteiger partial charge in [0.25, 0.3) is 0 Å². The summed E-state index contributed by atoms with van der Waals surface area (Å²) < 4.78 is 0. The lowest BCUT2D eigenvalue weighted by atomic mass is 9.97. The third-order valence-electron chi connectivity index (χ3n) is 2.64. The van der Waals surface area contributed by atoms with Crippen LogP contribution in [-0.2, 0) is 0 Å². The normalized spacial score (nSPS) is 13.1. The Labute approximate surface area is 92.1 Å². The van der Waals surface area contributed by atoms with Crippen LogP contribution in [0.3, 0.4) is 0 Å². The van der Waals surface area contributed by atoms with E-state index in [9.17, 15) is 5.11 Å². The van der Waals surface area contributed by atoms with Gasteiger partial charge in [0.1, 0.15) is 5.75 Å². The largest absolute Gasteiger partial charge is 0.508 e. The van der Waals surface area contributed by atoms with Gasteiger partial charge in [-0.15, -0.1) is 0 Å². The molecular formula is C13H21NO. The van der Waals surface area contributed by atoms with Crippen LogP contribution in [0.15, 0.2) is 18.2 Å². The van der Waals surface area contributed by atoms with Crippen molar-refractivity contribution in [1.82, 2.24) is 0 Å². The summed E-state index contributed by atoms with van der Waals surface area (Å²) >= 11 is 0. The Morgan fingerprint density at radius 3 is 2.47 bits per heavy atom. The van der Waals surface area contributed by atoms with Crippen molar-refractivity contribution in [2.45, 2.75) is 39.7 Å². The molecule has 0 saturated heterocycles. The minimum atomic E-state index is -0.0481. The number of aryl methyl sites for hydroxylation is 1. The van der Waals surface area contributed by atoms with E-state index in [1.54, 1.807) is 6.07 Å². The average Bonchev–Trinajstić information content (AvgIpc) is 2.14. The van der Waals surface area contributed by atoms with Crippen molar-refractivity contribution >= 4 is 0 Å². The van der Waals surface area contributed by atoms with Crippen LogP contribution in [0.1, 0.15) is 43.9 Å². The minimum absolute atomic E-state index is 0.0481. The minimum Gasteiger partial charge on any atom is -0.508 e. The Kier molecular flexibility index (Phi) is 4.15. The quantitative estimate of drug-likeness (QED) is 0.796. The SMILES string of the molecule is Cc1ccc([C@H](N)CCC(C)C)c(O)c1. The molecule has 0 aliphatic rings. The summed E-state index contributed by atoms with van der Waals surface area (Å²) in [6.07, 6.45) is 2.02. The second kappa shape index (κ2) is 5.17. The standard InChI is InChI=1S/C13H21NO/c1-9(2)4-7-12(14)11-6-5-10(3)8-13(11)15/h5-6,8-9,12,15H,4,7,14H2,1-3H3/t12-/m1/s1. The van der Waals surface area contributed by atoms with Crippen LogP contribution in [0.4, 0.5) is 0 Å². The third-order valence-corrected chi connectivity index (χ3v) is 2.64. The van der Waals surface area contributed by atoms with Gasteiger partial charge in [-0.3, -0.25) is 0 Å². The Bertz CT molecular complexity index is 320. The van der Waals surface area contributed by atoms with Crippen molar-refractivity contribution in [3.05, 3.63) is 29.3 Å². The third kappa shape index (κ3) is 3.56. The number of phenolic OH excluding ortho intramolecular Hbond substituents is 1. The molecule has 0 saturated carbocycles. The van der Waals surface area contributed by atoms with E-state index in [0.29, 0.717) is 11.7 Å². The van der Waals surface area contributed by atoms with E-state index in [4.69, 9.17) is 5.73 Å². The number of hydrogen-bond acceptors (Lipinski definition) is 2. The number of aromatic hydroxyl groups is 1. The van der Waals surface area contributed by atoms with E-state index in [0.717, 1.165) is 24.0 Å². The van der Waals surface area contributed by atoms with Gasteiger partial charge in [-0.05, 0) is 37.3 Å². The average molecular weight is 207 g/mol. The molecule has 0 unspecified atom stereocenters. The molecule has 0 aromatic heterocycles. The van der Waals surface area contributed by atoms with Gasteiger partial charge in [0.2, 0.25) is 0 Å². The highest BCUT2D eigenvalue weighted by molar-refractivity contribution is 5.37. The molecule has 0 aliphatic carbocycles. The van der Waals surface area contributed by atoms with E-state index >= 15 is 0 Å². The van der Waals surface area contributed by atoms with Crippen LogP contribution in [0.2, 0.25) is 0 Å². The first-order chi connectivity index (χ1) is 7.00. The van der Waals surface area contributed by atoms with Crippen LogP contribution in [0.5, 0.6) is 5.75 Å². The summed E-state index contributed by atoms with van der Waals surface area (Å²) in [5.74, 6) is 0.981. The molecule has 0 amide bonds. The summed E-state index contributed by atoms with van der Waals surface area (Å²) in [5.41, 5.74) is 7.96. The zero-order valence-electron chi connectivity index (χ0n) is 9.83. The molecule has 1 aromatic carbocycles. The lowest BCUT2D eigenvalue weighted by Crippen LogP contribution is -2.11. The molecule has 1 atom stereocenters. The number of hydrogen-bond donors (Lipinski definition) is 2. The fourth-order valence-corrected chi connectivity index (χ4v) is 1.64. The van der Waals surface area contributed by atoms with Crippen molar-refractivity contribution in [3.63, 3.8) is 0 Å². The number of phenols is 1. The topological polar surface area (TPSA) is 46.2 Å². The molecule has 84 valence electrons. The molecule has 0 bridgehead atoms. The van der Waals surface area contributed by atoms with Crippen molar-refractivity contribution in [3.8, 4) is 5.75 Å². The van der Waals surface area contributed by atoms with Crippen LogP contribution >= 0.6 is 0 Å².